The van der Waals surface area contributed by atoms with Gasteiger partial charge in [-0.15, -0.1) is 11.3 Å². The lowest BCUT2D eigenvalue weighted by Crippen LogP contribution is -2.35. The minimum atomic E-state index is -0.289. The third-order valence-corrected chi connectivity index (χ3v) is 4.30. The highest BCUT2D eigenvalue weighted by atomic mass is 32.1. The number of rotatable bonds is 2. The molecule has 1 fully saturated rings. The third kappa shape index (κ3) is 2.00. The number of benzene rings is 1. The van der Waals surface area contributed by atoms with Crippen LogP contribution in [0.25, 0.3) is 10.2 Å². The third-order valence-electron chi connectivity index (χ3n) is 3.51. The Morgan fingerprint density at radius 1 is 1.56 bits per heavy atom. The van der Waals surface area contributed by atoms with E-state index in [9.17, 15) is 4.79 Å². The topological polar surface area (TPSA) is 54.0 Å². The molecule has 0 radical (unpaired) electrons. The highest BCUT2D eigenvalue weighted by molar-refractivity contribution is 7.16. The summed E-state index contributed by atoms with van der Waals surface area (Å²) in [5.41, 5.74) is 3.36. The lowest BCUT2D eigenvalue weighted by atomic mass is 9.89. The van der Waals surface area contributed by atoms with Crippen LogP contribution < -0.4 is 10.6 Å². The molecule has 18 heavy (non-hydrogen) atoms. The summed E-state index contributed by atoms with van der Waals surface area (Å²) in [6.45, 7) is 3.67. The van der Waals surface area contributed by atoms with E-state index in [-0.39, 0.29) is 11.3 Å². The van der Waals surface area contributed by atoms with Gasteiger partial charge in [-0.05, 0) is 38.1 Å². The Labute approximate surface area is 109 Å². The van der Waals surface area contributed by atoms with Gasteiger partial charge in [-0.25, -0.2) is 4.98 Å². The first kappa shape index (κ1) is 11.6. The van der Waals surface area contributed by atoms with Gasteiger partial charge in [-0.1, -0.05) is 0 Å². The van der Waals surface area contributed by atoms with Crippen molar-refractivity contribution in [1.82, 2.24) is 10.3 Å². The van der Waals surface area contributed by atoms with Crippen molar-refractivity contribution in [1.29, 1.82) is 0 Å². The Morgan fingerprint density at radius 2 is 2.44 bits per heavy atom. The number of anilines is 1. The van der Waals surface area contributed by atoms with Gasteiger partial charge in [0.25, 0.3) is 0 Å². The van der Waals surface area contributed by atoms with Gasteiger partial charge in [0.15, 0.2) is 0 Å². The zero-order valence-electron chi connectivity index (χ0n) is 10.2. The van der Waals surface area contributed by atoms with E-state index in [0.29, 0.717) is 0 Å². The van der Waals surface area contributed by atoms with Gasteiger partial charge in [0.05, 0.1) is 21.1 Å². The summed E-state index contributed by atoms with van der Waals surface area (Å²) in [5.74, 6) is 0.0939. The summed E-state index contributed by atoms with van der Waals surface area (Å²) in [4.78, 5) is 16.5. The Bertz CT molecular complexity index is 587. The second kappa shape index (κ2) is 4.33. The molecule has 5 heteroatoms. The molecule has 94 valence electrons. The molecule has 4 nitrogen and oxygen atoms in total. The summed E-state index contributed by atoms with van der Waals surface area (Å²) in [7, 11) is 0. The largest absolute Gasteiger partial charge is 0.326 e. The van der Waals surface area contributed by atoms with Gasteiger partial charge in [0, 0.05) is 12.2 Å². The summed E-state index contributed by atoms with van der Waals surface area (Å²) < 4.78 is 1.10. The fourth-order valence-electron chi connectivity index (χ4n) is 2.23. The highest BCUT2D eigenvalue weighted by Crippen LogP contribution is 2.28. The second-order valence-electron chi connectivity index (χ2n) is 4.98. The molecule has 0 saturated carbocycles. The van der Waals surface area contributed by atoms with E-state index in [4.69, 9.17) is 0 Å². The maximum atomic E-state index is 12.2. The van der Waals surface area contributed by atoms with Crippen LogP contribution in [0.1, 0.15) is 13.3 Å². The van der Waals surface area contributed by atoms with E-state index in [1.54, 1.807) is 11.3 Å². The lowest BCUT2D eigenvalue weighted by molar-refractivity contribution is -0.123. The molecule has 2 N–H and O–H groups in total. The fourth-order valence-corrected chi connectivity index (χ4v) is 2.94. The van der Waals surface area contributed by atoms with Crippen LogP contribution in [0, 0.1) is 5.41 Å². The van der Waals surface area contributed by atoms with Crippen molar-refractivity contribution in [3.63, 3.8) is 0 Å². The van der Waals surface area contributed by atoms with Crippen LogP contribution >= 0.6 is 11.3 Å². The lowest BCUT2D eigenvalue weighted by Gasteiger charge is -2.21. The smallest absolute Gasteiger partial charge is 0.231 e. The van der Waals surface area contributed by atoms with Crippen LogP contribution in [0.2, 0.25) is 0 Å². The molecule has 0 aliphatic carbocycles. The van der Waals surface area contributed by atoms with Crippen LogP contribution in [0.3, 0.4) is 0 Å². The summed E-state index contributed by atoms with van der Waals surface area (Å²) >= 11 is 1.59. The van der Waals surface area contributed by atoms with E-state index in [1.165, 1.54) is 0 Å². The number of nitrogens with one attached hydrogen (secondary N) is 2. The van der Waals surface area contributed by atoms with E-state index < -0.39 is 0 Å². The molecule has 3 rings (SSSR count). The quantitative estimate of drug-likeness (QED) is 0.871. The van der Waals surface area contributed by atoms with Gasteiger partial charge < -0.3 is 10.6 Å². The monoisotopic (exact) mass is 261 g/mol. The van der Waals surface area contributed by atoms with Crippen LogP contribution in [-0.2, 0) is 4.79 Å². The van der Waals surface area contributed by atoms with Gasteiger partial charge in [-0.2, -0.15) is 0 Å². The molecule has 1 atom stereocenters. The van der Waals surface area contributed by atoms with Crippen molar-refractivity contribution in [2.24, 2.45) is 5.41 Å². The van der Waals surface area contributed by atoms with Crippen molar-refractivity contribution < 1.29 is 4.79 Å². The fraction of sp³-hybridized carbons (Fsp3) is 0.385. The number of carbonyl (C=O) groups excluding carboxylic acids is 1. The molecule has 1 amide bonds. The zero-order chi connectivity index (χ0) is 12.6. The first-order valence-corrected chi connectivity index (χ1v) is 6.91. The molecule has 1 aliphatic rings. The Morgan fingerprint density at radius 3 is 3.22 bits per heavy atom. The number of amides is 1. The van der Waals surface area contributed by atoms with Gasteiger partial charge in [-0.3, -0.25) is 4.79 Å². The molecule has 1 aromatic carbocycles. The average molecular weight is 261 g/mol. The predicted octanol–water partition coefficient (Wildman–Crippen LogP) is 2.23. The summed E-state index contributed by atoms with van der Waals surface area (Å²) in [5, 5.41) is 6.24. The average Bonchev–Trinajstić information content (AvgIpc) is 2.98. The predicted molar refractivity (Wildman–Crippen MR) is 73.8 cm³/mol. The molecule has 1 unspecified atom stereocenters. The molecule has 2 heterocycles. The maximum Gasteiger partial charge on any atom is 0.231 e. The van der Waals surface area contributed by atoms with Crippen molar-refractivity contribution in [3.8, 4) is 0 Å². The molecule has 1 aliphatic heterocycles. The van der Waals surface area contributed by atoms with Crippen molar-refractivity contribution in [3.05, 3.63) is 23.7 Å². The normalized spacial score (nSPS) is 23.4. The molecular formula is C13H15N3OS. The van der Waals surface area contributed by atoms with E-state index in [0.717, 1.165) is 35.4 Å². The minimum Gasteiger partial charge on any atom is -0.326 e. The van der Waals surface area contributed by atoms with Crippen LogP contribution in [0.15, 0.2) is 23.7 Å². The van der Waals surface area contributed by atoms with E-state index in [2.05, 4.69) is 15.6 Å². The summed E-state index contributed by atoms with van der Waals surface area (Å²) in [6, 6.07) is 5.83. The van der Waals surface area contributed by atoms with E-state index in [1.807, 2.05) is 30.6 Å². The number of fused-ring (bicyclic) bond motifs is 1. The molecular weight excluding hydrogens is 246 g/mol. The van der Waals surface area contributed by atoms with E-state index >= 15 is 0 Å². The number of carbonyl (C=O) groups is 1. The number of aromatic nitrogens is 1. The minimum absolute atomic E-state index is 0.0939. The Kier molecular flexibility index (Phi) is 2.80. The molecule has 0 bridgehead atoms. The number of nitrogens with zero attached hydrogens (tertiary/aromatic N) is 1. The first-order chi connectivity index (χ1) is 8.67. The van der Waals surface area contributed by atoms with Crippen molar-refractivity contribution >= 4 is 33.1 Å². The van der Waals surface area contributed by atoms with Gasteiger partial charge in [0.2, 0.25) is 5.91 Å². The van der Waals surface area contributed by atoms with Crippen molar-refractivity contribution in [2.75, 3.05) is 18.4 Å². The van der Waals surface area contributed by atoms with Crippen LogP contribution in [0.5, 0.6) is 0 Å². The van der Waals surface area contributed by atoms with Gasteiger partial charge in [0.1, 0.15) is 0 Å². The second-order valence-corrected chi connectivity index (χ2v) is 5.86. The molecule has 1 aromatic heterocycles. The maximum absolute atomic E-state index is 12.2. The van der Waals surface area contributed by atoms with Crippen LogP contribution in [-0.4, -0.2) is 24.0 Å². The zero-order valence-corrected chi connectivity index (χ0v) is 11.0. The highest BCUT2D eigenvalue weighted by Gasteiger charge is 2.36. The van der Waals surface area contributed by atoms with Crippen LogP contribution in [0.4, 0.5) is 5.69 Å². The molecule has 0 spiro atoms. The standard InChI is InChI=1S/C13H15N3OS/c1-13(4-5-14-7-13)12(17)16-9-2-3-10-11(6-9)18-8-15-10/h2-3,6,8,14H,4-5,7H2,1H3,(H,16,17). The first-order valence-electron chi connectivity index (χ1n) is 6.03. The Hall–Kier alpha value is -1.46. The molecule has 1 saturated heterocycles. The number of hydrogen-bond donors (Lipinski definition) is 2. The van der Waals surface area contributed by atoms with Crippen molar-refractivity contribution in [2.45, 2.75) is 13.3 Å². The van der Waals surface area contributed by atoms with Gasteiger partial charge >= 0.3 is 0 Å². The SMILES string of the molecule is CC1(C(=O)Nc2ccc3ncsc3c2)CCNC1. The number of hydrogen-bond acceptors (Lipinski definition) is 4. The summed E-state index contributed by atoms with van der Waals surface area (Å²) in [6.07, 6.45) is 0.891. The Balaban J connectivity index is 1.81. The number of thiazole rings is 1. The molecule has 2 aromatic rings.